The fraction of sp³-hybridized carbons (Fsp3) is 0.375. The summed E-state index contributed by atoms with van der Waals surface area (Å²) in [6, 6.07) is 3.70. The molecular formula is C16H18FN3O3. The highest BCUT2D eigenvalue weighted by Gasteiger charge is 2.34. The minimum absolute atomic E-state index is 0.220. The quantitative estimate of drug-likeness (QED) is 0.770. The highest BCUT2D eigenvalue weighted by atomic mass is 19.1. The van der Waals surface area contributed by atoms with Crippen LogP contribution in [0.3, 0.4) is 0 Å². The van der Waals surface area contributed by atoms with Crippen molar-refractivity contribution >= 4 is 22.7 Å². The van der Waals surface area contributed by atoms with Crippen molar-refractivity contribution in [2.75, 3.05) is 13.1 Å². The Morgan fingerprint density at radius 3 is 2.87 bits per heavy atom. The highest BCUT2D eigenvalue weighted by Crippen LogP contribution is 2.21. The number of H-pyrrole nitrogens is 1. The van der Waals surface area contributed by atoms with Crippen LogP contribution in [0.1, 0.15) is 12.5 Å². The van der Waals surface area contributed by atoms with E-state index in [9.17, 15) is 19.1 Å². The van der Waals surface area contributed by atoms with Crippen LogP contribution < -0.4 is 5.32 Å². The van der Waals surface area contributed by atoms with Crippen LogP contribution in [0, 0.1) is 5.82 Å². The summed E-state index contributed by atoms with van der Waals surface area (Å²) in [5.41, 5.74) is 1.47. The number of aromatic amines is 1. The number of hydrogen-bond donors (Lipinski definition) is 3. The zero-order chi connectivity index (χ0) is 16.6. The van der Waals surface area contributed by atoms with Crippen molar-refractivity contribution in [3.8, 4) is 0 Å². The Morgan fingerprint density at radius 2 is 2.22 bits per heavy atom. The van der Waals surface area contributed by atoms with Crippen molar-refractivity contribution in [1.82, 2.24) is 15.2 Å². The summed E-state index contributed by atoms with van der Waals surface area (Å²) in [7, 11) is 0. The van der Waals surface area contributed by atoms with E-state index in [4.69, 9.17) is 0 Å². The van der Waals surface area contributed by atoms with Crippen molar-refractivity contribution in [2.45, 2.75) is 25.5 Å². The number of likely N-dealkylation sites (tertiary alicyclic amines) is 1. The Hall–Kier alpha value is -2.41. The van der Waals surface area contributed by atoms with E-state index in [0.29, 0.717) is 11.9 Å². The first-order valence-corrected chi connectivity index (χ1v) is 7.43. The number of halogens is 1. The monoisotopic (exact) mass is 319 g/mol. The molecule has 6 nitrogen and oxygen atoms in total. The number of rotatable bonds is 4. The molecule has 1 unspecified atom stereocenters. The Kier molecular flexibility index (Phi) is 4.04. The number of fused-ring (bicyclic) bond motifs is 1. The van der Waals surface area contributed by atoms with Crippen LogP contribution >= 0.6 is 0 Å². The number of nitrogens with one attached hydrogen (secondary N) is 2. The molecule has 3 rings (SSSR count). The van der Waals surface area contributed by atoms with E-state index in [2.05, 4.69) is 10.3 Å². The molecule has 2 aromatic rings. The van der Waals surface area contributed by atoms with Gasteiger partial charge in [0.15, 0.2) is 0 Å². The van der Waals surface area contributed by atoms with Crippen molar-refractivity contribution in [3.05, 3.63) is 35.8 Å². The normalized spacial score (nSPS) is 16.2. The average molecular weight is 319 g/mol. The third-order valence-corrected chi connectivity index (χ3v) is 4.00. The van der Waals surface area contributed by atoms with Crippen molar-refractivity contribution < 1.29 is 19.1 Å². The molecule has 122 valence electrons. The van der Waals surface area contributed by atoms with Gasteiger partial charge in [-0.1, -0.05) is 0 Å². The van der Waals surface area contributed by atoms with Gasteiger partial charge in [0.2, 0.25) is 11.8 Å². The molecule has 0 spiro atoms. The first-order valence-electron chi connectivity index (χ1n) is 7.43. The third-order valence-electron chi connectivity index (χ3n) is 4.00. The van der Waals surface area contributed by atoms with Gasteiger partial charge in [-0.05, 0) is 23.8 Å². The number of carbonyl (C=O) groups is 2. The molecule has 0 saturated carbocycles. The fourth-order valence-electron chi connectivity index (χ4n) is 2.85. The molecule has 3 N–H and O–H groups in total. The molecule has 1 aliphatic rings. The summed E-state index contributed by atoms with van der Waals surface area (Å²) in [4.78, 5) is 28.3. The van der Waals surface area contributed by atoms with Crippen LogP contribution in [0.5, 0.6) is 0 Å². The minimum atomic E-state index is -0.705. The predicted molar refractivity (Wildman–Crippen MR) is 82.2 cm³/mol. The van der Waals surface area contributed by atoms with Gasteiger partial charge in [0.1, 0.15) is 11.9 Å². The summed E-state index contributed by atoms with van der Waals surface area (Å²) in [5.74, 6) is -0.854. The standard InChI is InChI=1S/C16H18FN3O3/c1-9(21)19-15(16(23)20-7-12(22)8-20)4-10-6-18-14-5-11(17)2-3-13(10)14/h2-3,5-6,12,15,18,22H,4,7-8H2,1H3,(H,19,21). The zero-order valence-corrected chi connectivity index (χ0v) is 12.7. The third kappa shape index (κ3) is 3.19. The maximum atomic E-state index is 13.2. The summed E-state index contributed by atoms with van der Waals surface area (Å²) in [5, 5.41) is 12.8. The highest BCUT2D eigenvalue weighted by molar-refractivity contribution is 5.89. The maximum Gasteiger partial charge on any atom is 0.245 e. The topological polar surface area (TPSA) is 85.4 Å². The summed E-state index contributed by atoms with van der Waals surface area (Å²) < 4.78 is 13.2. The number of hydrogen-bond acceptors (Lipinski definition) is 3. The van der Waals surface area contributed by atoms with E-state index in [1.165, 1.54) is 24.0 Å². The number of aliphatic hydroxyl groups is 1. The minimum Gasteiger partial charge on any atom is -0.389 e. The van der Waals surface area contributed by atoms with E-state index >= 15 is 0 Å². The molecule has 1 saturated heterocycles. The fourth-order valence-corrected chi connectivity index (χ4v) is 2.85. The summed E-state index contributed by atoms with van der Waals surface area (Å²) >= 11 is 0. The van der Waals surface area contributed by atoms with Crippen molar-refractivity contribution in [3.63, 3.8) is 0 Å². The Labute approximate surface area is 132 Å². The predicted octanol–water partition coefficient (Wildman–Crippen LogP) is 0.557. The Balaban J connectivity index is 1.82. The Bertz CT molecular complexity index is 752. The van der Waals surface area contributed by atoms with Gasteiger partial charge in [-0.25, -0.2) is 4.39 Å². The second-order valence-electron chi connectivity index (χ2n) is 5.86. The largest absolute Gasteiger partial charge is 0.389 e. The number of carbonyl (C=O) groups excluding carboxylic acids is 2. The number of aromatic nitrogens is 1. The summed E-state index contributed by atoms with van der Waals surface area (Å²) in [6.45, 7) is 1.93. The molecule has 7 heteroatoms. The van der Waals surface area contributed by atoms with Crippen LogP contribution in [0.2, 0.25) is 0 Å². The maximum absolute atomic E-state index is 13.2. The summed E-state index contributed by atoms with van der Waals surface area (Å²) in [6.07, 6.45) is 1.53. The van der Waals surface area contributed by atoms with Gasteiger partial charge in [0.25, 0.3) is 0 Å². The lowest BCUT2D eigenvalue weighted by Crippen LogP contribution is -2.59. The average Bonchev–Trinajstić information content (AvgIpc) is 2.84. The van der Waals surface area contributed by atoms with E-state index in [0.717, 1.165) is 10.9 Å². The van der Waals surface area contributed by atoms with Gasteiger partial charge < -0.3 is 20.3 Å². The molecule has 1 fully saturated rings. The number of amides is 2. The molecule has 0 radical (unpaired) electrons. The van der Waals surface area contributed by atoms with Crippen molar-refractivity contribution in [2.24, 2.45) is 0 Å². The molecule has 0 aliphatic carbocycles. The van der Waals surface area contributed by atoms with E-state index in [-0.39, 0.29) is 30.7 Å². The second kappa shape index (κ2) is 6.00. The number of aliphatic hydroxyl groups excluding tert-OH is 1. The smallest absolute Gasteiger partial charge is 0.245 e. The first kappa shape index (κ1) is 15.5. The van der Waals surface area contributed by atoms with Crippen LogP contribution in [-0.4, -0.2) is 52.0 Å². The van der Waals surface area contributed by atoms with Gasteiger partial charge in [0.05, 0.1) is 6.10 Å². The molecule has 1 atom stereocenters. The van der Waals surface area contributed by atoms with Gasteiger partial charge in [-0.15, -0.1) is 0 Å². The lowest BCUT2D eigenvalue weighted by Gasteiger charge is -2.38. The first-order chi connectivity index (χ1) is 10.9. The lowest BCUT2D eigenvalue weighted by atomic mass is 10.0. The molecule has 2 heterocycles. The van der Waals surface area contributed by atoms with Crippen LogP contribution in [0.25, 0.3) is 10.9 Å². The van der Waals surface area contributed by atoms with Crippen LogP contribution in [0.4, 0.5) is 4.39 Å². The van der Waals surface area contributed by atoms with Crippen LogP contribution in [-0.2, 0) is 16.0 Å². The number of β-amino-alcohol motifs (C(OH)–C–C–N with tert-alkyl or cyclic N) is 1. The van der Waals surface area contributed by atoms with Gasteiger partial charge in [-0.3, -0.25) is 9.59 Å². The zero-order valence-electron chi connectivity index (χ0n) is 12.7. The molecule has 2 amide bonds. The molecular weight excluding hydrogens is 301 g/mol. The van der Waals surface area contributed by atoms with E-state index in [1.807, 2.05) is 0 Å². The van der Waals surface area contributed by atoms with Gasteiger partial charge in [-0.2, -0.15) is 0 Å². The van der Waals surface area contributed by atoms with Crippen LogP contribution in [0.15, 0.2) is 24.4 Å². The SMILES string of the molecule is CC(=O)NC(Cc1c[nH]c2cc(F)ccc12)C(=O)N1CC(O)C1. The van der Waals surface area contributed by atoms with Crippen molar-refractivity contribution in [1.29, 1.82) is 0 Å². The number of nitrogens with zero attached hydrogens (tertiary/aromatic N) is 1. The van der Waals surface area contributed by atoms with Gasteiger partial charge in [0, 0.05) is 43.5 Å². The molecule has 1 aromatic carbocycles. The molecule has 1 aliphatic heterocycles. The van der Waals surface area contributed by atoms with Gasteiger partial charge >= 0.3 is 0 Å². The molecule has 0 bridgehead atoms. The molecule has 1 aromatic heterocycles. The number of benzene rings is 1. The van der Waals surface area contributed by atoms with E-state index in [1.54, 1.807) is 12.3 Å². The Morgan fingerprint density at radius 1 is 1.48 bits per heavy atom. The van der Waals surface area contributed by atoms with E-state index < -0.39 is 12.1 Å². The second-order valence-corrected chi connectivity index (χ2v) is 5.86. The molecule has 23 heavy (non-hydrogen) atoms. The lowest BCUT2D eigenvalue weighted by molar-refractivity contribution is -0.145.